The molecule has 0 radical (unpaired) electrons. The van der Waals surface area contributed by atoms with Crippen LogP contribution < -0.4 is 5.73 Å². The van der Waals surface area contributed by atoms with Crippen molar-refractivity contribution in [3.63, 3.8) is 0 Å². The molecular formula is C14H19N5O. The fourth-order valence-corrected chi connectivity index (χ4v) is 2.73. The highest BCUT2D eigenvalue weighted by molar-refractivity contribution is 5.56. The Labute approximate surface area is 117 Å². The van der Waals surface area contributed by atoms with Crippen LogP contribution in [0, 0.1) is 6.92 Å². The Balaban J connectivity index is 2.00. The molecule has 1 saturated carbocycles. The lowest BCUT2D eigenvalue weighted by molar-refractivity contribution is 0.372. The summed E-state index contributed by atoms with van der Waals surface area (Å²) in [6.07, 6.45) is 4.85. The summed E-state index contributed by atoms with van der Waals surface area (Å²) in [5.41, 5.74) is 8.49. The molecule has 0 atom stereocenters. The number of nitrogens with zero attached hydrogens (tertiary/aromatic N) is 4. The van der Waals surface area contributed by atoms with E-state index in [1.165, 1.54) is 0 Å². The number of aryl methyl sites for hydroxylation is 2. The predicted molar refractivity (Wildman–Crippen MR) is 73.8 cm³/mol. The average Bonchev–Trinajstić information content (AvgIpc) is 3.08. The molecule has 2 heterocycles. The number of rotatable bonds is 3. The van der Waals surface area contributed by atoms with Crippen LogP contribution in [0.4, 0.5) is 0 Å². The van der Waals surface area contributed by atoms with E-state index in [0.717, 1.165) is 49.1 Å². The normalized spacial score (nSPS) is 17.6. The van der Waals surface area contributed by atoms with E-state index in [2.05, 4.69) is 20.3 Å². The van der Waals surface area contributed by atoms with Crippen LogP contribution in [-0.2, 0) is 12.0 Å². The van der Waals surface area contributed by atoms with Crippen molar-refractivity contribution >= 4 is 0 Å². The molecule has 2 aromatic heterocycles. The van der Waals surface area contributed by atoms with Crippen LogP contribution in [-0.4, -0.2) is 20.3 Å². The Kier molecular flexibility index (Phi) is 3.25. The summed E-state index contributed by atoms with van der Waals surface area (Å²) in [6.45, 7) is 3.93. The third-order valence-corrected chi connectivity index (χ3v) is 3.93. The first-order valence-electron chi connectivity index (χ1n) is 7.09. The molecule has 1 aliphatic rings. The number of hydrogen-bond donors (Lipinski definition) is 1. The third-order valence-electron chi connectivity index (χ3n) is 3.93. The second-order valence-electron chi connectivity index (χ2n) is 5.49. The SMILES string of the molecule is CCc1nnc(C)cc1-c1nc(C2(N)CCCC2)no1. The zero-order valence-corrected chi connectivity index (χ0v) is 11.9. The summed E-state index contributed by atoms with van der Waals surface area (Å²) in [5, 5.41) is 12.3. The highest BCUT2D eigenvalue weighted by Crippen LogP contribution is 2.35. The van der Waals surface area contributed by atoms with E-state index in [1.54, 1.807) is 0 Å². The Morgan fingerprint density at radius 1 is 1.30 bits per heavy atom. The van der Waals surface area contributed by atoms with Gasteiger partial charge in [0.15, 0.2) is 5.82 Å². The largest absolute Gasteiger partial charge is 0.334 e. The first-order valence-corrected chi connectivity index (χ1v) is 7.09. The second-order valence-corrected chi connectivity index (χ2v) is 5.49. The molecule has 0 spiro atoms. The molecule has 0 aromatic carbocycles. The van der Waals surface area contributed by atoms with Crippen molar-refractivity contribution < 1.29 is 4.52 Å². The monoisotopic (exact) mass is 273 g/mol. The number of aromatic nitrogens is 4. The Hall–Kier alpha value is -1.82. The van der Waals surface area contributed by atoms with E-state index in [4.69, 9.17) is 10.3 Å². The van der Waals surface area contributed by atoms with Crippen molar-refractivity contribution in [3.8, 4) is 11.5 Å². The minimum Gasteiger partial charge on any atom is -0.334 e. The summed E-state index contributed by atoms with van der Waals surface area (Å²) in [7, 11) is 0. The van der Waals surface area contributed by atoms with E-state index in [1.807, 2.05) is 19.9 Å². The maximum absolute atomic E-state index is 6.36. The minimum atomic E-state index is -0.427. The van der Waals surface area contributed by atoms with Gasteiger partial charge in [0.25, 0.3) is 5.89 Å². The van der Waals surface area contributed by atoms with Gasteiger partial charge in [-0.3, -0.25) is 0 Å². The van der Waals surface area contributed by atoms with Crippen LogP contribution in [0.15, 0.2) is 10.6 Å². The van der Waals surface area contributed by atoms with E-state index < -0.39 is 5.54 Å². The lowest BCUT2D eigenvalue weighted by Gasteiger charge is -2.17. The molecule has 3 rings (SSSR count). The molecule has 2 N–H and O–H groups in total. The summed E-state index contributed by atoms with van der Waals surface area (Å²) < 4.78 is 5.42. The van der Waals surface area contributed by atoms with Gasteiger partial charge < -0.3 is 10.3 Å². The van der Waals surface area contributed by atoms with Crippen LogP contribution >= 0.6 is 0 Å². The molecule has 0 saturated heterocycles. The maximum Gasteiger partial charge on any atom is 0.259 e. The Bertz CT molecular complexity index is 616. The predicted octanol–water partition coefficient (Wildman–Crippen LogP) is 2.13. The van der Waals surface area contributed by atoms with Gasteiger partial charge in [0.1, 0.15) is 0 Å². The van der Waals surface area contributed by atoms with Gasteiger partial charge in [-0.15, -0.1) is 0 Å². The van der Waals surface area contributed by atoms with Crippen molar-refractivity contribution in [1.82, 2.24) is 20.3 Å². The maximum atomic E-state index is 6.36. The molecule has 1 fully saturated rings. The zero-order valence-electron chi connectivity index (χ0n) is 11.9. The van der Waals surface area contributed by atoms with Crippen molar-refractivity contribution in [2.75, 3.05) is 0 Å². The van der Waals surface area contributed by atoms with Gasteiger partial charge in [-0.2, -0.15) is 15.2 Å². The lowest BCUT2D eigenvalue weighted by Crippen LogP contribution is -2.34. The molecule has 2 aromatic rings. The zero-order chi connectivity index (χ0) is 14.2. The quantitative estimate of drug-likeness (QED) is 0.921. The first kappa shape index (κ1) is 13.2. The molecule has 106 valence electrons. The first-order chi connectivity index (χ1) is 9.62. The Morgan fingerprint density at radius 2 is 2.05 bits per heavy atom. The van der Waals surface area contributed by atoms with Gasteiger partial charge in [-0.05, 0) is 32.3 Å². The van der Waals surface area contributed by atoms with Crippen LogP contribution in [0.5, 0.6) is 0 Å². The second kappa shape index (κ2) is 4.94. The fraction of sp³-hybridized carbons (Fsp3) is 0.571. The van der Waals surface area contributed by atoms with Crippen LogP contribution in [0.1, 0.15) is 49.8 Å². The summed E-state index contributed by atoms with van der Waals surface area (Å²) >= 11 is 0. The standard InChI is InChI=1S/C14H19N5O/c1-3-11-10(8-9(2)17-18-11)12-16-13(19-20-12)14(15)6-4-5-7-14/h8H,3-7,15H2,1-2H3. The number of nitrogens with two attached hydrogens (primary N) is 1. The summed E-state index contributed by atoms with van der Waals surface area (Å²) in [4.78, 5) is 4.51. The molecule has 1 aliphatic carbocycles. The van der Waals surface area contributed by atoms with Gasteiger partial charge in [0, 0.05) is 0 Å². The Morgan fingerprint density at radius 3 is 2.75 bits per heavy atom. The molecule has 20 heavy (non-hydrogen) atoms. The van der Waals surface area contributed by atoms with Gasteiger partial charge >= 0.3 is 0 Å². The summed E-state index contributed by atoms with van der Waals surface area (Å²) in [5.74, 6) is 1.10. The smallest absolute Gasteiger partial charge is 0.259 e. The van der Waals surface area contributed by atoms with E-state index in [0.29, 0.717) is 11.7 Å². The third kappa shape index (κ3) is 2.20. The van der Waals surface area contributed by atoms with Crippen LogP contribution in [0.3, 0.4) is 0 Å². The molecular weight excluding hydrogens is 254 g/mol. The number of hydrogen-bond acceptors (Lipinski definition) is 6. The van der Waals surface area contributed by atoms with E-state index in [9.17, 15) is 0 Å². The van der Waals surface area contributed by atoms with Crippen LogP contribution in [0.25, 0.3) is 11.5 Å². The fourth-order valence-electron chi connectivity index (χ4n) is 2.73. The van der Waals surface area contributed by atoms with Crippen molar-refractivity contribution in [1.29, 1.82) is 0 Å². The molecule has 0 unspecified atom stereocenters. The molecule has 6 heteroatoms. The highest BCUT2D eigenvalue weighted by atomic mass is 16.5. The summed E-state index contributed by atoms with van der Waals surface area (Å²) in [6, 6.07) is 1.93. The molecule has 0 bridgehead atoms. The van der Waals surface area contributed by atoms with Crippen molar-refractivity contribution in [3.05, 3.63) is 23.3 Å². The average molecular weight is 273 g/mol. The van der Waals surface area contributed by atoms with Gasteiger partial charge in [-0.1, -0.05) is 24.9 Å². The highest BCUT2D eigenvalue weighted by Gasteiger charge is 2.36. The lowest BCUT2D eigenvalue weighted by atomic mass is 9.98. The minimum absolute atomic E-state index is 0.427. The molecule has 6 nitrogen and oxygen atoms in total. The van der Waals surface area contributed by atoms with Crippen molar-refractivity contribution in [2.24, 2.45) is 5.73 Å². The van der Waals surface area contributed by atoms with Gasteiger partial charge in [0.2, 0.25) is 0 Å². The van der Waals surface area contributed by atoms with Gasteiger partial charge in [-0.25, -0.2) is 0 Å². The van der Waals surface area contributed by atoms with E-state index in [-0.39, 0.29) is 0 Å². The molecule has 0 aliphatic heterocycles. The van der Waals surface area contributed by atoms with E-state index >= 15 is 0 Å². The van der Waals surface area contributed by atoms with Gasteiger partial charge in [0.05, 0.1) is 22.5 Å². The topological polar surface area (TPSA) is 90.7 Å². The van der Waals surface area contributed by atoms with Crippen molar-refractivity contribution in [2.45, 2.75) is 51.5 Å². The molecule has 0 amide bonds. The van der Waals surface area contributed by atoms with Crippen LogP contribution in [0.2, 0.25) is 0 Å².